The molecule has 0 radical (unpaired) electrons. The van der Waals surface area contributed by atoms with Crippen LogP contribution in [0.3, 0.4) is 0 Å². The quantitative estimate of drug-likeness (QED) is 0.782. The Balaban J connectivity index is 1.82. The minimum absolute atomic E-state index is 0.0179. The Hall–Kier alpha value is -2.17. The van der Waals surface area contributed by atoms with Crippen molar-refractivity contribution in [1.82, 2.24) is 9.97 Å². The van der Waals surface area contributed by atoms with E-state index in [-0.39, 0.29) is 11.9 Å². The number of ether oxygens (including phenoxy) is 1. The summed E-state index contributed by atoms with van der Waals surface area (Å²) in [6, 6.07) is 8.00. The zero-order valence-corrected chi connectivity index (χ0v) is 11.5. The second kappa shape index (κ2) is 5.45. The Kier molecular flexibility index (Phi) is 3.50. The van der Waals surface area contributed by atoms with Gasteiger partial charge in [0.1, 0.15) is 12.1 Å². The molecule has 2 aromatic rings. The van der Waals surface area contributed by atoms with Gasteiger partial charge in [0.15, 0.2) is 0 Å². The number of carbonyl (C=O) groups is 1. The number of anilines is 1. The third kappa shape index (κ3) is 2.31. The molecule has 0 amide bonds. The van der Waals surface area contributed by atoms with E-state index < -0.39 is 0 Å². The second-order valence-electron chi connectivity index (χ2n) is 5.00. The monoisotopic (exact) mass is 271 g/mol. The zero-order valence-electron chi connectivity index (χ0n) is 11.5. The van der Waals surface area contributed by atoms with Crippen LogP contribution in [-0.4, -0.2) is 36.1 Å². The van der Waals surface area contributed by atoms with Gasteiger partial charge in [-0.15, -0.1) is 0 Å². The first-order valence-corrected chi connectivity index (χ1v) is 6.82. The Bertz CT molecular complexity index is 616. The van der Waals surface area contributed by atoms with Gasteiger partial charge in [0.05, 0.1) is 18.5 Å². The number of rotatable bonds is 2. The fraction of sp³-hybridized carbons (Fsp3) is 0.400. The van der Waals surface area contributed by atoms with E-state index in [1.54, 1.807) is 6.33 Å². The smallest absolute Gasteiger partial charge is 0.308 e. The van der Waals surface area contributed by atoms with E-state index in [1.165, 1.54) is 7.11 Å². The van der Waals surface area contributed by atoms with Gasteiger partial charge in [-0.3, -0.25) is 4.79 Å². The molecule has 0 aliphatic carbocycles. The number of hydrogen-bond donors (Lipinski definition) is 0. The van der Waals surface area contributed by atoms with Crippen LogP contribution in [0.2, 0.25) is 0 Å². The van der Waals surface area contributed by atoms with Crippen LogP contribution in [0.15, 0.2) is 30.6 Å². The van der Waals surface area contributed by atoms with Gasteiger partial charge in [-0.2, -0.15) is 0 Å². The molecule has 5 heteroatoms. The second-order valence-corrected chi connectivity index (χ2v) is 5.00. The lowest BCUT2D eigenvalue weighted by molar-refractivity contribution is -0.146. The van der Waals surface area contributed by atoms with E-state index in [9.17, 15) is 4.79 Å². The summed E-state index contributed by atoms with van der Waals surface area (Å²) in [6.45, 7) is 1.64. The summed E-state index contributed by atoms with van der Waals surface area (Å²) in [5.74, 6) is 0.875. The summed E-state index contributed by atoms with van der Waals surface area (Å²) < 4.78 is 4.82. The summed E-state index contributed by atoms with van der Waals surface area (Å²) in [4.78, 5) is 22.5. The molecule has 1 saturated heterocycles. The summed E-state index contributed by atoms with van der Waals surface area (Å²) in [7, 11) is 1.45. The molecule has 0 saturated carbocycles. The number of carbonyl (C=O) groups excluding carboxylic acids is 1. The Labute approximate surface area is 117 Å². The van der Waals surface area contributed by atoms with Gasteiger partial charge in [0.2, 0.25) is 0 Å². The van der Waals surface area contributed by atoms with Gasteiger partial charge in [0, 0.05) is 18.5 Å². The maximum atomic E-state index is 11.6. The van der Waals surface area contributed by atoms with Crippen molar-refractivity contribution in [1.29, 1.82) is 0 Å². The number of methoxy groups -OCH3 is 1. The predicted octanol–water partition coefficient (Wildman–Crippen LogP) is 2.02. The summed E-state index contributed by atoms with van der Waals surface area (Å²) in [5.41, 5.74) is 0.951. The summed E-state index contributed by atoms with van der Waals surface area (Å²) in [6.07, 6.45) is 3.22. The summed E-state index contributed by atoms with van der Waals surface area (Å²) >= 11 is 0. The molecule has 3 rings (SSSR count). The minimum atomic E-state index is -0.0998. The van der Waals surface area contributed by atoms with Crippen molar-refractivity contribution in [3.8, 4) is 0 Å². The SMILES string of the molecule is COC(=O)C1CCN(c2ncnc3ccccc23)CC1. The molecule has 1 aliphatic heterocycles. The van der Waals surface area contributed by atoms with Crippen LogP contribution in [0.5, 0.6) is 0 Å². The van der Waals surface area contributed by atoms with Gasteiger partial charge >= 0.3 is 5.97 Å². The molecule has 1 aromatic heterocycles. The zero-order chi connectivity index (χ0) is 13.9. The van der Waals surface area contributed by atoms with Gasteiger partial charge in [-0.25, -0.2) is 9.97 Å². The Morgan fingerprint density at radius 3 is 2.75 bits per heavy atom. The summed E-state index contributed by atoms with van der Waals surface area (Å²) in [5, 5.41) is 1.06. The number of nitrogens with zero attached hydrogens (tertiary/aromatic N) is 3. The predicted molar refractivity (Wildman–Crippen MR) is 76.5 cm³/mol. The molecule has 0 atom stereocenters. The molecule has 0 spiro atoms. The molecule has 1 aliphatic rings. The lowest BCUT2D eigenvalue weighted by Crippen LogP contribution is -2.37. The highest BCUT2D eigenvalue weighted by molar-refractivity contribution is 5.89. The molecule has 1 aromatic carbocycles. The number of para-hydroxylation sites is 1. The van der Waals surface area contributed by atoms with Crippen molar-refractivity contribution in [2.24, 2.45) is 5.92 Å². The van der Waals surface area contributed by atoms with Crippen LogP contribution >= 0.6 is 0 Å². The average Bonchev–Trinajstić information content (AvgIpc) is 2.54. The van der Waals surface area contributed by atoms with Crippen LogP contribution < -0.4 is 4.90 Å². The van der Waals surface area contributed by atoms with Crippen molar-refractivity contribution in [3.63, 3.8) is 0 Å². The van der Waals surface area contributed by atoms with Crippen LogP contribution in [0.25, 0.3) is 10.9 Å². The van der Waals surface area contributed by atoms with Crippen LogP contribution in [0, 0.1) is 5.92 Å². The number of hydrogen-bond acceptors (Lipinski definition) is 5. The lowest BCUT2D eigenvalue weighted by atomic mass is 9.97. The molecule has 0 N–H and O–H groups in total. The first-order chi connectivity index (χ1) is 9.79. The fourth-order valence-corrected chi connectivity index (χ4v) is 2.74. The third-order valence-corrected chi connectivity index (χ3v) is 3.85. The maximum Gasteiger partial charge on any atom is 0.308 e. The van der Waals surface area contributed by atoms with Gasteiger partial charge < -0.3 is 9.64 Å². The normalized spacial score (nSPS) is 16.4. The molecule has 0 unspecified atom stereocenters. The molecule has 5 nitrogen and oxygen atoms in total. The number of fused-ring (bicyclic) bond motifs is 1. The minimum Gasteiger partial charge on any atom is -0.469 e. The third-order valence-electron chi connectivity index (χ3n) is 3.85. The molecule has 0 bridgehead atoms. The molecule has 104 valence electrons. The lowest BCUT2D eigenvalue weighted by Gasteiger charge is -2.32. The van der Waals surface area contributed by atoms with Crippen LogP contribution in [0.1, 0.15) is 12.8 Å². The van der Waals surface area contributed by atoms with Gasteiger partial charge in [-0.05, 0) is 25.0 Å². The Morgan fingerprint density at radius 2 is 2.00 bits per heavy atom. The van der Waals surface area contributed by atoms with Crippen molar-refractivity contribution in [2.45, 2.75) is 12.8 Å². The number of esters is 1. The van der Waals surface area contributed by atoms with Crippen LogP contribution in [0.4, 0.5) is 5.82 Å². The van der Waals surface area contributed by atoms with Crippen molar-refractivity contribution in [3.05, 3.63) is 30.6 Å². The topological polar surface area (TPSA) is 55.3 Å². The van der Waals surface area contributed by atoms with Crippen molar-refractivity contribution >= 4 is 22.7 Å². The highest BCUT2D eigenvalue weighted by Crippen LogP contribution is 2.27. The van der Waals surface area contributed by atoms with Crippen molar-refractivity contribution in [2.75, 3.05) is 25.1 Å². The van der Waals surface area contributed by atoms with E-state index in [0.29, 0.717) is 0 Å². The Morgan fingerprint density at radius 1 is 1.25 bits per heavy atom. The molecular formula is C15H17N3O2. The van der Waals surface area contributed by atoms with Gasteiger partial charge in [-0.1, -0.05) is 12.1 Å². The van der Waals surface area contributed by atoms with E-state index in [2.05, 4.69) is 14.9 Å². The first kappa shape index (κ1) is 12.8. The van der Waals surface area contributed by atoms with E-state index in [0.717, 1.165) is 42.7 Å². The number of piperidine rings is 1. The van der Waals surface area contributed by atoms with Gasteiger partial charge in [0.25, 0.3) is 0 Å². The van der Waals surface area contributed by atoms with Crippen molar-refractivity contribution < 1.29 is 9.53 Å². The highest BCUT2D eigenvalue weighted by atomic mass is 16.5. The van der Waals surface area contributed by atoms with Crippen LogP contribution in [-0.2, 0) is 9.53 Å². The number of aromatic nitrogens is 2. The highest BCUT2D eigenvalue weighted by Gasteiger charge is 2.26. The van der Waals surface area contributed by atoms with E-state index in [1.807, 2.05) is 24.3 Å². The maximum absolute atomic E-state index is 11.6. The van der Waals surface area contributed by atoms with E-state index in [4.69, 9.17) is 4.74 Å². The largest absolute Gasteiger partial charge is 0.469 e. The fourth-order valence-electron chi connectivity index (χ4n) is 2.74. The first-order valence-electron chi connectivity index (χ1n) is 6.82. The average molecular weight is 271 g/mol. The number of benzene rings is 1. The molecular weight excluding hydrogens is 254 g/mol. The molecule has 2 heterocycles. The van der Waals surface area contributed by atoms with E-state index >= 15 is 0 Å². The molecule has 20 heavy (non-hydrogen) atoms. The standard InChI is InChI=1S/C15H17N3O2/c1-20-15(19)11-6-8-18(9-7-11)14-12-4-2-3-5-13(12)16-10-17-14/h2-5,10-11H,6-9H2,1H3. The molecule has 1 fully saturated rings.